The molecule has 3 nitrogen and oxygen atoms in total. The number of amides is 1. The van der Waals surface area contributed by atoms with Gasteiger partial charge in [-0.2, -0.15) is 0 Å². The van der Waals surface area contributed by atoms with Crippen molar-refractivity contribution in [3.8, 4) is 0 Å². The lowest BCUT2D eigenvalue weighted by Crippen LogP contribution is -2.21. The molecule has 2 rings (SSSR count). The van der Waals surface area contributed by atoms with Crippen LogP contribution in [0.1, 0.15) is 6.93 Å². The highest BCUT2D eigenvalue weighted by atomic mass is 16.2. The van der Waals surface area contributed by atoms with Gasteiger partial charge in [-0.1, -0.05) is 30.3 Å². The molecule has 0 aliphatic carbocycles. The Labute approximate surface area is 78.8 Å². The summed E-state index contributed by atoms with van der Waals surface area (Å²) in [6, 6.07) is 9.86. The molecule has 0 aromatic heterocycles. The van der Waals surface area contributed by atoms with Crippen molar-refractivity contribution in [2.75, 3.05) is 13.2 Å². The topological polar surface area (TPSA) is 32.3 Å². The second-order valence-corrected chi connectivity index (χ2v) is 3.09. The fourth-order valence-corrected chi connectivity index (χ4v) is 1.36. The molecule has 0 bridgehead atoms. The Balaban J connectivity index is 2.02. The molecule has 1 aromatic rings. The van der Waals surface area contributed by atoms with Crippen molar-refractivity contribution < 1.29 is 6.17 Å². The fourth-order valence-electron chi connectivity index (χ4n) is 1.36. The molecule has 1 aliphatic rings. The Morgan fingerprint density at radius 2 is 2.23 bits per heavy atom. The zero-order chi connectivity index (χ0) is 9.97. The summed E-state index contributed by atoms with van der Waals surface area (Å²) in [5, 5.41) is 2.54. The second kappa shape index (κ2) is 3.58. The number of hydrogen-bond acceptors (Lipinski definition) is 2. The fraction of sp³-hybridized carbons (Fsp3) is 0.300. The Morgan fingerprint density at radius 1 is 1.46 bits per heavy atom. The molecule has 68 valence electrons. The second-order valence-electron chi connectivity index (χ2n) is 3.09. The summed E-state index contributed by atoms with van der Waals surface area (Å²) in [5.41, 5.74) is 1.13. The summed E-state index contributed by atoms with van der Waals surface area (Å²) in [5.74, 6) is -0.0686. The highest BCUT2D eigenvalue weighted by Crippen LogP contribution is 2.05. The molecule has 0 saturated carbocycles. The molecule has 1 N–H and O–H groups in total. The van der Waals surface area contributed by atoms with Gasteiger partial charge < -0.3 is 5.32 Å². The molecule has 0 radical (unpaired) electrons. The quantitative estimate of drug-likeness (QED) is 0.718. The first-order valence-corrected chi connectivity index (χ1v) is 4.25. The van der Waals surface area contributed by atoms with Gasteiger partial charge in [-0.3, -0.25) is 9.69 Å². The molecule has 1 aromatic carbocycles. The minimum absolute atomic E-state index is 0.0686. The van der Waals surface area contributed by atoms with Gasteiger partial charge in [-0.25, -0.2) is 0 Å². The lowest BCUT2D eigenvalue weighted by Gasteiger charge is -2.11. The lowest BCUT2D eigenvalue weighted by atomic mass is 10.2. The van der Waals surface area contributed by atoms with Gasteiger partial charge in [0.05, 0.1) is 14.6 Å². The van der Waals surface area contributed by atoms with E-state index in [2.05, 4.69) is 5.32 Å². The van der Waals surface area contributed by atoms with E-state index in [1.807, 2.05) is 30.3 Å². The lowest BCUT2D eigenvalue weighted by molar-refractivity contribution is -0.118. The molecule has 1 unspecified atom stereocenters. The van der Waals surface area contributed by atoms with Crippen molar-refractivity contribution in [3.63, 3.8) is 0 Å². The first-order chi connectivity index (χ1) is 6.75. The van der Waals surface area contributed by atoms with Crippen LogP contribution in [-0.2, 0) is 11.3 Å². The molecule has 1 aliphatic heterocycles. The maximum absolute atomic E-state index is 11.0. The van der Waals surface area contributed by atoms with E-state index in [0.29, 0.717) is 13.1 Å². The maximum atomic E-state index is 11.0. The standard InChI is InChI=1S/C10H12N2O/c13-10-7-12(8-11-10)6-9-4-2-1-3-5-9/h1-5H,6-8H2,(H,11,13)/i8T. The minimum Gasteiger partial charge on any atom is -0.342 e. The van der Waals surface area contributed by atoms with Gasteiger partial charge in [0.2, 0.25) is 5.91 Å². The summed E-state index contributed by atoms with van der Waals surface area (Å²) < 4.78 is 7.56. The SMILES string of the molecule is [3H]C1NC(=O)CN1Cc1ccccc1. The van der Waals surface area contributed by atoms with Gasteiger partial charge in [-0.15, -0.1) is 0 Å². The molecule has 3 heteroatoms. The number of benzene rings is 1. The van der Waals surface area contributed by atoms with E-state index in [9.17, 15) is 4.79 Å². The summed E-state index contributed by atoms with van der Waals surface area (Å²) >= 11 is 0. The number of hydrogen-bond donors (Lipinski definition) is 1. The van der Waals surface area contributed by atoms with Gasteiger partial charge in [0.25, 0.3) is 0 Å². The summed E-state index contributed by atoms with van der Waals surface area (Å²) in [4.78, 5) is 12.8. The average Bonchev–Trinajstić information content (AvgIpc) is 2.47. The van der Waals surface area contributed by atoms with Crippen LogP contribution in [0, 0.1) is 0 Å². The highest BCUT2D eigenvalue weighted by Gasteiger charge is 2.17. The van der Waals surface area contributed by atoms with Crippen LogP contribution in [0.4, 0.5) is 0 Å². The zero-order valence-electron chi connectivity index (χ0n) is 8.23. The highest BCUT2D eigenvalue weighted by molar-refractivity contribution is 5.79. The van der Waals surface area contributed by atoms with Crippen molar-refractivity contribution in [1.29, 1.82) is 0 Å². The first kappa shape index (κ1) is 7.09. The van der Waals surface area contributed by atoms with Crippen LogP contribution in [0.15, 0.2) is 30.3 Å². The predicted molar refractivity (Wildman–Crippen MR) is 49.9 cm³/mol. The van der Waals surface area contributed by atoms with Crippen LogP contribution >= 0.6 is 0 Å². The van der Waals surface area contributed by atoms with Gasteiger partial charge in [0.1, 0.15) is 0 Å². The van der Waals surface area contributed by atoms with Crippen molar-refractivity contribution in [3.05, 3.63) is 35.9 Å². The number of nitrogens with zero attached hydrogens (tertiary/aromatic N) is 1. The van der Waals surface area contributed by atoms with Crippen LogP contribution in [0.5, 0.6) is 0 Å². The zero-order valence-corrected chi connectivity index (χ0v) is 7.23. The van der Waals surface area contributed by atoms with Crippen LogP contribution in [0.2, 0.25) is 0 Å². The van der Waals surface area contributed by atoms with E-state index >= 15 is 0 Å². The van der Waals surface area contributed by atoms with Crippen LogP contribution in [-0.4, -0.2) is 24.0 Å². The largest absolute Gasteiger partial charge is 0.342 e. The van der Waals surface area contributed by atoms with Gasteiger partial charge in [-0.05, 0) is 5.56 Å². The molecule has 0 spiro atoms. The Hall–Kier alpha value is -1.35. The minimum atomic E-state index is -0.595. The molecule has 1 fully saturated rings. The molecule has 13 heavy (non-hydrogen) atoms. The van der Waals surface area contributed by atoms with Crippen molar-refractivity contribution in [2.24, 2.45) is 0 Å². The Morgan fingerprint density at radius 3 is 2.85 bits per heavy atom. The molecular formula is C10H12N2O. The van der Waals surface area contributed by atoms with Crippen molar-refractivity contribution in [1.82, 2.24) is 10.2 Å². The third kappa shape index (κ3) is 2.06. The summed E-state index contributed by atoms with van der Waals surface area (Å²) in [7, 11) is 0. The van der Waals surface area contributed by atoms with E-state index in [4.69, 9.17) is 1.37 Å². The molecule has 1 amide bonds. The summed E-state index contributed by atoms with van der Waals surface area (Å²) in [6.07, 6.45) is 0. The average molecular weight is 178 g/mol. The molecular weight excluding hydrogens is 164 g/mol. The van der Waals surface area contributed by atoms with E-state index < -0.39 is 6.64 Å². The molecule has 1 heterocycles. The Bertz CT molecular complexity index is 328. The number of nitrogens with one attached hydrogen (secondary N) is 1. The van der Waals surface area contributed by atoms with Gasteiger partial charge >= 0.3 is 0 Å². The Kier molecular flexibility index (Phi) is 1.95. The van der Waals surface area contributed by atoms with Crippen molar-refractivity contribution in [2.45, 2.75) is 6.54 Å². The van der Waals surface area contributed by atoms with E-state index in [1.54, 1.807) is 4.90 Å². The van der Waals surface area contributed by atoms with Crippen LogP contribution < -0.4 is 5.32 Å². The van der Waals surface area contributed by atoms with Crippen molar-refractivity contribution >= 4 is 5.91 Å². The number of carbonyl (C=O) groups excluding carboxylic acids is 1. The molecule has 1 saturated heterocycles. The van der Waals surface area contributed by atoms with Gasteiger partial charge in [0.15, 0.2) is 0 Å². The third-order valence-electron chi connectivity index (χ3n) is 1.98. The van der Waals surface area contributed by atoms with Crippen LogP contribution in [0.3, 0.4) is 0 Å². The van der Waals surface area contributed by atoms with E-state index in [-0.39, 0.29) is 5.91 Å². The monoisotopic (exact) mass is 178 g/mol. The first-order valence-electron chi connectivity index (χ1n) is 4.83. The van der Waals surface area contributed by atoms with Gasteiger partial charge in [0, 0.05) is 6.54 Å². The predicted octanol–water partition coefficient (Wildman–Crippen LogP) is 0.576. The number of rotatable bonds is 2. The van der Waals surface area contributed by atoms with Crippen LogP contribution in [0.25, 0.3) is 0 Å². The molecule has 1 atom stereocenters. The van der Waals surface area contributed by atoms with E-state index in [1.165, 1.54) is 0 Å². The maximum Gasteiger partial charge on any atom is 0.235 e. The third-order valence-corrected chi connectivity index (χ3v) is 1.98. The number of carbonyl (C=O) groups is 1. The van der Waals surface area contributed by atoms with E-state index in [0.717, 1.165) is 5.56 Å². The smallest absolute Gasteiger partial charge is 0.235 e. The normalized spacial score (nSPS) is 24.2. The summed E-state index contributed by atoms with van der Waals surface area (Å²) in [6.45, 7) is 0.374.